The summed E-state index contributed by atoms with van der Waals surface area (Å²) < 4.78 is 2.94. The van der Waals surface area contributed by atoms with E-state index in [4.69, 9.17) is 0 Å². The van der Waals surface area contributed by atoms with Crippen LogP contribution in [0.5, 0.6) is 0 Å². The first kappa shape index (κ1) is 31.5. The molecule has 0 saturated heterocycles. The van der Waals surface area contributed by atoms with Gasteiger partial charge in [-0.05, 0) is 0 Å². The van der Waals surface area contributed by atoms with Crippen LogP contribution in [0.15, 0.2) is 72.8 Å². The Kier molecular flexibility index (Phi) is 11.9. The third-order valence-electron chi connectivity index (χ3n) is 7.28. The van der Waals surface area contributed by atoms with E-state index in [0.29, 0.717) is 56.0 Å². The van der Waals surface area contributed by atoms with Crippen LogP contribution < -0.4 is 9.81 Å². The van der Waals surface area contributed by atoms with Gasteiger partial charge in [-0.15, -0.1) is 0 Å². The van der Waals surface area contributed by atoms with E-state index in [1.54, 1.807) is 0 Å². The molecule has 3 aromatic carbocycles. The third-order valence-corrected chi connectivity index (χ3v) is 17.4. The fourth-order valence-corrected chi connectivity index (χ4v) is 15.5. The summed E-state index contributed by atoms with van der Waals surface area (Å²) in [6.07, 6.45) is 0. The van der Waals surface area contributed by atoms with Crippen molar-refractivity contribution in [3.8, 4) is 0 Å². The molecule has 40 heavy (non-hydrogen) atoms. The number of carbonyl (C=O) groups excluding carboxylic acids is 3. The Morgan fingerprint density at radius 2 is 0.675 bits per heavy atom. The summed E-state index contributed by atoms with van der Waals surface area (Å²) in [7, 11) is 0. The Hall–Kier alpha value is -3.05. The van der Waals surface area contributed by atoms with Gasteiger partial charge < -0.3 is 0 Å². The van der Waals surface area contributed by atoms with E-state index in [2.05, 4.69) is 0 Å². The van der Waals surface area contributed by atoms with Gasteiger partial charge >= 0.3 is 249 Å². The van der Waals surface area contributed by atoms with Crippen molar-refractivity contribution >= 4 is 49.3 Å². The van der Waals surface area contributed by atoms with Crippen molar-refractivity contribution in [1.29, 1.82) is 0 Å². The predicted octanol–water partition coefficient (Wildman–Crippen LogP) is 3.65. The summed E-state index contributed by atoms with van der Waals surface area (Å²) in [5, 5.41) is 0. The summed E-state index contributed by atoms with van der Waals surface area (Å²) in [6.45, 7) is 15.6. The minimum atomic E-state index is -3.47. The number of carbonyl (C=O) groups is 3. The van der Waals surface area contributed by atoms with Crippen LogP contribution in [-0.2, 0) is 0 Å². The van der Waals surface area contributed by atoms with Gasteiger partial charge in [-0.3, -0.25) is 0 Å². The molecule has 212 valence electrons. The third kappa shape index (κ3) is 6.63. The summed E-state index contributed by atoms with van der Waals surface area (Å²) in [4.78, 5) is 47.0. The number of nitrogens with zero attached hydrogens (tertiary/aromatic N) is 3. The first-order chi connectivity index (χ1) is 19.4. The second kappa shape index (κ2) is 15.1. The van der Waals surface area contributed by atoms with Crippen molar-refractivity contribution in [2.24, 2.45) is 0 Å². The van der Waals surface area contributed by atoms with Crippen LogP contribution in [0.25, 0.3) is 0 Å². The minimum absolute atomic E-state index is 0.0132. The Balaban J connectivity index is 2.40. The average Bonchev–Trinajstić information content (AvgIpc) is 2.99. The molecule has 0 aliphatic carbocycles. The fraction of sp³-hybridized carbons (Fsp3) is 0.364. The summed E-state index contributed by atoms with van der Waals surface area (Å²) in [5.41, 5.74) is 2.00. The number of hydrogen-bond donors (Lipinski definition) is 0. The Labute approximate surface area is 247 Å². The zero-order valence-electron chi connectivity index (χ0n) is 24.7. The topological polar surface area (TPSA) is 60.9 Å². The molecule has 6 nitrogen and oxygen atoms in total. The van der Waals surface area contributed by atoms with Crippen LogP contribution in [0.3, 0.4) is 0 Å². The second-order valence-corrected chi connectivity index (χ2v) is 17.5. The maximum absolute atomic E-state index is 13.8. The van der Waals surface area contributed by atoms with Gasteiger partial charge in [0.05, 0.1) is 0 Å². The van der Waals surface area contributed by atoms with Gasteiger partial charge in [0.2, 0.25) is 0 Å². The molecule has 3 aromatic rings. The Morgan fingerprint density at radius 1 is 0.450 bits per heavy atom. The molecule has 0 aliphatic heterocycles. The Morgan fingerprint density at radius 3 is 0.900 bits per heavy atom. The fourth-order valence-electron chi connectivity index (χ4n) is 4.98. The molecule has 0 radical (unpaired) electrons. The molecule has 0 heterocycles. The Bertz CT molecular complexity index is 1150. The van der Waals surface area contributed by atoms with E-state index >= 15 is 0 Å². The predicted molar refractivity (Wildman–Crippen MR) is 166 cm³/mol. The van der Waals surface area contributed by atoms with Crippen LogP contribution in [0.4, 0.5) is 0 Å². The molecule has 3 rings (SSSR count). The standard InChI is InChI=1S/3C11H14NO.Bi/c3*1-3-12(4-2)11(13)10-8-6-5-7-9-10;/h3*5-8H,3-4H2,1-2H3;. The van der Waals surface area contributed by atoms with E-state index < -0.39 is 21.8 Å². The van der Waals surface area contributed by atoms with Crippen molar-refractivity contribution < 1.29 is 14.4 Å². The van der Waals surface area contributed by atoms with Crippen molar-refractivity contribution in [3.63, 3.8) is 0 Å². The molecule has 7 heteroatoms. The van der Waals surface area contributed by atoms with E-state index in [1.165, 1.54) is 0 Å². The van der Waals surface area contributed by atoms with Gasteiger partial charge in [-0.25, -0.2) is 0 Å². The SMILES string of the molecule is CCN(CC)C(=O)c1cccc[c]1[Bi]([c]1ccccc1C(=O)N(CC)CC)[c]1ccccc1C(=O)N(CC)CC. The quantitative estimate of drug-likeness (QED) is 0.267. The molecule has 0 aromatic heterocycles. The summed E-state index contributed by atoms with van der Waals surface area (Å²) in [6, 6.07) is 23.5. The number of hydrogen-bond acceptors (Lipinski definition) is 3. The van der Waals surface area contributed by atoms with Gasteiger partial charge in [0.1, 0.15) is 0 Å². The summed E-state index contributed by atoms with van der Waals surface area (Å²) in [5.74, 6) is -0.0397. The van der Waals surface area contributed by atoms with Crippen molar-refractivity contribution in [2.45, 2.75) is 41.5 Å². The van der Waals surface area contributed by atoms with Crippen LogP contribution in [0, 0.1) is 0 Å². The van der Waals surface area contributed by atoms with Gasteiger partial charge in [-0.1, -0.05) is 0 Å². The van der Waals surface area contributed by atoms with Crippen molar-refractivity contribution in [1.82, 2.24) is 14.7 Å². The first-order valence-electron chi connectivity index (χ1n) is 14.3. The first-order valence-corrected chi connectivity index (χ1v) is 19.5. The molecule has 3 amide bonds. The van der Waals surface area contributed by atoms with Crippen LogP contribution >= 0.6 is 0 Å². The van der Waals surface area contributed by atoms with Crippen LogP contribution in [0.2, 0.25) is 0 Å². The van der Waals surface area contributed by atoms with Crippen molar-refractivity contribution in [2.75, 3.05) is 39.3 Å². The molecular weight excluding hydrogens is 695 g/mol. The van der Waals surface area contributed by atoms with Gasteiger partial charge in [0, 0.05) is 0 Å². The van der Waals surface area contributed by atoms with Gasteiger partial charge in [-0.2, -0.15) is 0 Å². The van der Waals surface area contributed by atoms with Gasteiger partial charge in [0.25, 0.3) is 0 Å². The summed E-state index contributed by atoms with van der Waals surface area (Å²) >= 11 is -3.47. The van der Waals surface area contributed by atoms with E-state index in [0.717, 1.165) is 9.81 Å². The molecular formula is C33H42BiN3O3. The van der Waals surface area contributed by atoms with Gasteiger partial charge in [0.15, 0.2) is 0 Å². The normalized spacial score (nSPS) is 10.9. The maximum atomic E-state index is 13.8. The molecule has 0 spiro atoms. The van der Waals surface area contributed by atoms with Crippen LogP contribution in [-0.4, -0.2) is 93.4 Å². The number of rotatable bonds is 12. The molecule has 0 unspecified atom stereocenters. The second-order valence-electron chi connectivity index (χ2n) is 9.32. The molecule has 0 bridgehead atoms. The molecule has 0 atom stereocenters. The zero-order chi connectivity index (χ0) is 29.2. The van der Waals surface area contributed by atoms with Crippen LogP contribution in [0.1, 0.15) is 72.6 Å². The number of benzene rings is 3. The molecule has 0 fully saturated rings. The molecule has 0 saturated carbocycles. The van der Waals surface area contributed by atoms with Crippen molar-refractivity contribution in [3.05, 3.63) is 89.5 Å². The molecule has 0 N–H and O–H groups in total. The van der Waals surface area contributed by atoms with E-state index in [9.17, 15) is 14.4 Å². The monoisotopic (exact) mass is 737 g/mol. The van der Waals surface area contributed by atoms with E-state index in [1.807, 2.05) is 129 Å². The average molecular weight is 738 g/mol. The van der Waals surface area contributed by atoms with E-state index in [-0.39, 0.29) is 17.7 Å². The zero-order valence-corrected chi connectivity index (χ0v) is 28.2. The molecule has 0 aliphatic rings. The number of amides is 3.